The van der Waals surface area contributed by atoms with Crippen molar-refractivity contribution < 1.29 is 23.5 Å². The molecule has 1 unspecified atom stereocenters. The molecule has 0 spiro atoms. The number of nitrogens with one attached hydrogen (secondary N) is 1. The van der Waals surface area contributed by atoms with Crippen LogP contribution in [0.25, 0.3) is 16.6 Å². The van der Waals surface area contributed by atoms with E-state index in [9.17, 15) is 14.4 Å². The van der Waals surface area contributed by atoms with Gasteiger partial charge in [-0.25, -0.2) is 9.18 Å². The normalized spacial score (nSPS) is 18.5. The third-order valence-corrected chi connectivity index (χ3v) is 8.30. The van der Waals surface area contributed by atoms with Gasteiger partial charge >= 0.3 is 6.09 Å². The lowest BCUT2D eigenvalue weighted by atomic mass is 10.0. The lowest BCUT2D eigenvalue weighted by Crippen LogP contribution is -2.49. The van der Waals surface area contributed by atoms with Crippen LogP contribution in [0.3, 0.4) is 0 Å². The lowest BCUT2D eigenvalue weighted by Gasteiger charge is -2.39. The molecule has 11 heteroatoms. The maximum absolute atomic E-state index is 16.0. The largest absolute Gasteiger partial charge is 0.451 e. The van der Waals surface area contributed by atoms with Crippen molar-refractivity contribution in [1.29, 1.82) is 0 Å². The maximum Gasteiger partial charge on any atom is 0.407 e. The number of likely N-dealkylation sites (tertiary alicyclic amines) is 1. The van der Waals surface area contributed by atoms with E-state index in [2.05, 4.69) is 24.1 Å². The fourth-order valence-corrected chi connectivity index (χ4v) is 6.17. The number of alkyl carbamates (subject to hydrolysis) is 1. The summed E-state index contributed by atoms with van der Waals surface area (Å²) >= 11 is 0. The van der Waals surface area contributed by atoms with Crippen LogP contribution in [0.1, 0.15) is 51.4 Å². The Morgan fingerprint density at radius 2 is 1.81 bits per heavy atom. The van der Waals surface area contributed by atoms with Crippen LogP contribution in [-0.2, 0) is 4.74 Å². The van der Waals surface area contributed by atoms with Crippen molar-refractivity contribution in [3.05, 3.63) is 58.1 Å². The SMILES string of the molecule is CC(C)N1CCN(c2c(F)cc3c(=O)c(C(=O)N4CCC(NC(=O)OC(C)(C)C)C4)cn4c3c2Oc2ccccc2-4)CC1. The molecule has 3 aliphatic heterocycles. The number of nitrogens with zero attached hydrogens (tertiary/aromatic N) is 4. The second kappa shape index (κ2) is 10.9. The van der Waals surface area contributed by atoms with Gasteiger partial charge in [0, 0.05) is 51.5 Å². The van der Waals surface area contributed by atoms with Gasteiger partial charge < -0.3 is 29.2 Å². The van der Waals surface area contributed by atoms with Crippen LogP contribution in [0.2, 0.25) is 0 Å². The van der Waals surface area contributed by atoms with Crippen LogP contribution in [0.4, 0.5) is 14.9 Å². The van der Waals surface area contributed by atoms with E-state index in [1.54, 1.807) is 42.5 Å². The fraction of sp³-hybridized carbons (Fsp3) is 0.469. The van der Waals surface area contributed by atoms with E-state index in [-0.39, 0.29) is 29.3 Å². The molecule has 228 valence electrons. The molecule has 2 amide bonds. The molecule has 0 bridgehead atoms. The summed E-state index contributed by atoms with van der Waals surface area (Å²) in [6.45, 7) is 13.0. The Morgan fingerprint density at radius 1 is 1.09 bits per heavy atom. The zero-order chi connectivity index (χ0) is 30.6. The van der Waals surface area contributed by atoms with Crippen molar-refractivity contribution in [3.63, 3.8) is 0 Å². The number of ether oxygens (including phenoxy) is 2. The third-order valence-electron chi connectivity index (χ3n) is 8.30. The van der Waals surface area contributed by atoms with Crippen molar-refractivity contribution in [1.82, 2.24) is 19.7 Å². The van der Waals surface area contributed by atoms with Gasteiger partial charge in [0.05, 0.1) is 17.1 Å². The standard InChI is InChI=1S/C32H38FN5O5/c1-19(2)35-12-14-36(15-13-35)27-23(33)16-21-26-29(27)42-25-9-7-6-8-24(25)38(26)18-22(28(21)39)30(40)37-11-10-20(17-37)34-31(41)43-32(3,4)5/h6-9,16,18-20H,10-15,17H2,1-5H3,(H,34,41). The summed E-state index contributed by atoms with van der Waals surface area (Å²) in [5, 5.41) is 2.89. The molecular formula is C32H38FN5O5. The highest BCUT2D eigenvalue weighted by Gasteiger charge is 2.34. The Labute approximate surface area is 249 Å². The minimum absolute atomic E-state index is 0.0641. The summed E-state index contributed by atoms with van der Waals surface area (Å²) < 4.78 is 29.5. The highest BCUT2D eigenvalue weighted by Crippen LogP contribution is 2.46. The minimum Gasteiger partial charge on any atom is -0.451 e. The summed E-state index contributed by atoms with van der Waals surface area (Å²) in [4.78, 5) is 45.8. The molecule has 2 aromatic carbocycles. The van der Waals surface area contributed by atoms with Gasteiger partial charge in [0.1, 0.15) is 22.4 Å². The van der Waals surface area contributed by atoms with Crippen molar-refractivity contribution in [3.8, 4) is 17.2 Å². The lowest BCUT2D eigenvalue weighted by molar-refractivity contribution is 0.0502. The van der Waals surface area contributed by atoms with Gasteiger partial charge in [-0.05, 0) is 59.2 Å². The highest BCUT2D eigenvalue weighted by atomic mass is 19.1. The molecule has 1 aromatic heterocycles. The predicted molar refractivity (Wildman–Crippen MR) is 162 cm³/mol. The van der Waals surface area contributed by atoms with Gasteiger partial charge in [0.25, 0.3) is 5.91 Å². The van der Waals surface area contributed by atoms with Gasteiger partial charge in [0.15, 0.2) is 17.3 Å². The number of hydrogen-bond donors (Lipinski definition) is 1. The van der Waals surface area contributed by atoms with Crippen LogP contribution >= 0.6 is 0 Å². The summed E-state index contributed by atoms with van der Waals surface area (Å²) in [5.74, 6) is -0.237. The molecule has 0 radical (unpaired) electrons. The highest BCUT2D eigenvalue weighted by molar-refractivity contribution is 6.01. The summed E-state index contributed by atoms with van der Waals surface area (Å²) in [7, 11) is 0. The monoisotopic (exact) mass is 591 g/mol. The number of aromatic nitrogens is 1. The summed E-state index contributed by atoms with van der Waals surface area (Å²) in [6, 6.07) is 8.65. The molecule has 0 saturated carbocycles. The first-order chi connectivity index (χ1) is 20.4. The number of hydrogen-bond acceptors (Lipinski definition) is 7. The molecule has 10 nitrogen and oxygen atoms in total. The number of halogens is 1. The van der Waals surface area contributed by atoms with Crippen LogP contribution in [0.5, 0.6) is 11.5 Å². The van der Waals surface area contributed by atoms with Crippen molar-refractivity contribution in [2.45, 2.75) is 58.7 Å². The molecule has 1 N–H and O–H groups in total. The van der Waals surface area contributed by atoms with Gasteiger partial charge in [-0.1, -0.05) is 12.1 Å². The van der Waals surface area contributed by atoms with Crippen LogP contribution in [0.15, 0.2) is 41.3 Å². The van der Waals surface area contributed by atoms with Gasteiger partial charge in [-0.2, -0.15) is 0 Å². The average Bonchev–Trinajstić information content (AvgIpc) is 3.41. The number of carbonyl (C=O) groups is 2. The Kier molecular flexibility index (Phi) is 7.32. The van der Waals surface area contributed by atoms with Crippen LogP contribution in [-0.4, -0.2) is 83.3 Å². The minimum atomic E-state index is -0.643. The van der Waals surface area contributed by atoms with Gasteiger partial charge in [-0.3, -0.25) is 14.5 Å². The number of pyridine rings is 1. The van der Waals surface area contributed by atoms with E-state index < -0.39 is 28.8 Å². The number of carbonyl (C=O) groups excluding carboxylic acids is 2. The molecule has 43 heavy (non-hydrogen) atoms. The van der Waals surface area contributed by atoms with E-state index in [0.29, 0.717) is 54.7 Å². The first-order valence-corrected chi connectivity index (χ1v) is 14.9. The zero-order valence-electron chi connectivity index (χ0n) is 25.3. The summed E-state index contributed by atoms with van der Waals surface area (Å²) in [5.41, 5.74) is 0.157. The number of rotatable bonds is 4. The molecule has 2 saturated heterocycles. The van der Waals surface area contributed by atoms with E-state index in [1.165, 1.54) is 6.07 Å². The Hall–Kier alpha value is -4.12. The van der Waals surface area contributed by atoms with Crippen LogP contribution < -0.4 is 20.4 Å². The van der Waals surface area contributed by atoms with E-state index in [4.69, 9.17) is 9.47 Å². The molecule has 3 aromatic rings. The first kappa shape index (κ1) is 29.0. The molecule has 6 rings (SSSR count). The van der Waals surface area contributed by atoms with Gasteiger partial charge in [0.2, 0.25) is 5.43 Å². The number of anilines is 1. The Balaban J connectivity index is 1.37. The second-order valence-electron chi connectivity index (χ2n) is 12.7. The number of amides is 2. The maximum atomic E-state index is 16.0. The summed E-state index contributed by atoms with van der Waals surface area (Å²) in [6.07, 6.45) is 1.52. The van der Waals surface area contributed by atoms with Crippen molar-refractivity contribution >= 4 is 28.6 Å². The van der Waals surface area contributed by atoms with E-state index in [1.807, 2.05) is 23.1 Å². The quantitative estimate of drug-likeness (QED) is 0.373. The topological polar surface area (TPSA) is 96.4 Å². The van der Waals surface area contributed by atoms with Crippen molar-refractivity contribution in [2.24, 2.45) is 0 Å². The van der Waals surface area contributed by atoms with E-state index >= 15 is 4.39 Å². The second-order valence-corrected chi connectivity index (χ2v) is 12.7. The zero-order valence-corrected chi connectivity index (χ0v) is 25.3. The smallest absolute Gasteiger partial charge is 0.407 e. The van der Waals surface area contributed by atoms with Crippen LogP contribution in [0, 0.1) is 5.82 Å². The number of para-hydroxylation sites is 2. The average molecular weight is 592 g/mol. The number of piperazine rings is 1. The Bertz CT molecular complexity index is 1650. The molecular weight excluding hydrogens is 553 g/mol. The third kappa shape index (κ3) is 5.42. The molecule has 2 fully saturated rings. The number of benzene rings is 2. The number of fused-ring (bicyclic) bond motifs is 2. The predicted octanol–water partition coefficient (Wildman–Crippen LogP) is 4.51. The van der Waals surface area contributed by atoms with E-state index in [0.717, 1.165) is 13.1 Å². The first-order valence-electron chi connectivity index (χ1n) is 14.9. The van der Waals surface area contributed by atoms with Crippen molar-refractivity contribution in [2.75, 3.05) is 44.2 Å². The molecule has 0 aliphatic carbocycles. The Morgan fingerprint density at radius 3 is 2.51 bits per heavy atom. The molecule has 4 heterocycles. The fourth-order valence-electron chi connectivity index (χ4n) is 6.17. The molecule has 3 aliphatic rings. The van der Waals surface area contributed by atoms with Gasteiger partial charge in [-0.15, -0.1) is 0 Å². The molecule has 1 atom stereocenters.